The summed E-state index contributed by atoms with van der Waals surface area (Å²) in [4.78, 5) is 36.7. The molecule has 210 valence electrons. The van der Waals surface area contributed by atoms with Crippen LogP contribution in [0.3, 0.4) is 0 Å². The molecule has 0 spiro atoms. The zero-order valence-electron chi connectivity index (χ0n) is 23.7. The van der Waals surface area contributed by atoms with E-state index in [9.17, 15) is 14.0 Å². The van der Waals surface area contributed by atoms with Crippen molar-refractivity contribution >= 4 is 39.6 Å². The van der Waals surface area contributed by atoms with Gasteiger partial charge in [0, 0.05) is 37.1 Å². The highest BCUT2D eigenvalue weighted by molar-refractivity contribution is 6.39. The first-order chi connectivity index (χ1) is 20.2. The third-order valence-corrected chi connectivity index (χ3v) is 7.79. The highest BCUT2D eigenvalue weighted by Gasteiger charge is 2.25. The number of aryl methyl sites for hydroxylation is 2. The lowest BCUT2D eigenvalue weighted by molar-refractivity contribution is -0.143. The topological polar surface area (TPSA) is 85.0 Å². The molecule has 0 saturated heterocycles. The maximum Gasteiger partial charge on any atom is 0.313 e. The summed E-state index contributed by atoms with van der Waals surface area (Å²) in [5.41, 5.74) is 7.11. The molecule has 0 bridgehead atoms. The molecule has 2 aromatic heterocycles. The summed E-state index contributed by atoms with van der Waals surface area (Å²) in [5, 5.41) is 2.78. The quantitative estimate of drug-likeness (QED) is 0.255. The largest absolute Gasteiger partial charge is 0.331 e. The van der Waals surface area contributed by atoms with Gasteiger partial charge >= 0.3 is 11.8 Å². The van der Waals surface area contributed by atoms with E-state index in [4.69, 9.17) is 0 Å². The molecule has 2 heterocycles. The first kappa shape index (κ1) is 26.9. The number of para-hydroxylation sites is 2. The lowest BCUT2D eigenvalue weighted by atomic mass is 10.1. The summed E-state index contributed by atoms with van der Waals surface area (Å²) in [6, 6.07) is 25.4. The molecule has 9 heteroatoms. The van der Waals surface area contributed by atoms with Gasteiger partial charge in [-0.3, -0.25) is 14.2 Å². The van der Waals surface area contributed by atoms with E-state index in [2.05, 4.69) is 15.3 Å². The van der Waals surface area contributed by atoms with Crippen LogP contribution in [0.15, 0.2) is 91.3 Å². The highest BCUT2D eigenvalue weighted by Crippen LogP contribution is 2.29. The van der Waals surface area contributed by atoms with Gasteiger partial charge in [-0.2, -0.15) is 0 Å². The fraction of sp³-hybridized carbons (Fsp3) is 0.152. The number of halogens is 1. The molecule has 6 rings (SSSR count). The average molecular weight is 561 g/mol. The molecule has 0 aliphatic carbocycles. The minimum Gasteiger partial charge on any atom is -0.331 e. The van der Waals surface area contributed by atoms with Crippen LogP contribution in [-0.2, 0) is 16.6 Å². The number of aromatic nitrogens is 4. The third-order valence-electron chi connectivity index (χ3n) is 7.79. The van der Waals surface area contributed by atoms with Crippen molar-refractivity contribution in [1.82, 2.24) is 24.0 Å². The predicted octanol–water partition coefficient (Wildman–Crippen LogP) is 6.18. The first-order valence-electron chi connectivity index (χ1n) is 13.5. The Balaban J connectivity index is 1.18. The molecule has 42 heavy (non-hydrogen) atoms. The van der Waals surface area contributed by atoms with Crippen LogP contribution in [0, 0.1) is 12.7 Å². The van der Waals surface area contributed by atoms with Crippen molar-refractivity contribution in [1.29, 1.82) is 0 Å². The van der Waals surface area contributed by atoms with Gasteiger partial charge in [0.1, 0.15) is 18.0 Å². The second kappa shape index (κ2) is 10.6. The molecular weight excluding hydrogens is 531 g/mol. The van der Waals surface area contributed by atoms with E-state index in [-0.39, 0.29) is 11.9 Å². The van der Waals surface area contributed by atoms with Gasteiger partial charge in [-0.25, -0.2) is 14.4 Å². The Morgan fingerprint density at radius 1 is 0.929 bits per heavy atom. The number of carbonyl (C=O) groups is 2. The van der Waals surface area contributed by atoms with Gasteiger partial charge in [0.05, 0.1) is 28.1 Å². The predicted molar refractivity (Wildman–Crippen MR) is 162 cm³/mol. The SMILES string of the molecule is Cc1ccc(-c2nc3cc(F)ccc3n2C)cc1NC(=O)C(=O)N(C)C(C)c1ccc(-n2cnc3ccccc32)cc1. The van der Waals surface area contributed by atoms with E-state index >= 15 is 0 Å². The summed E-state index contributed by atoms with van der Waals surface area (Å²) in [7, 11) is 3.47. The molecule has 0 aliphatic heterocycles. The number of imidazole rings is 2. The van der Waals surface area contributed by atoms with Gasteiger partial charge in [0.2, 0.25) is 0 Å². The average Bonchev–Trinajstić information content (AvgIpc) is 3.58. The second-order valence-electron chi connectivity index (χ2n) is 10.4. The number of carbonyl (C=O) groups excluding carboxylic acids is 2. The van der Waals surface area contributed by atoms with Crippen molar-refractivity contribution in [2.45, 2.75) is 19.9 Å². The fourth-order valence-corrected chi connectivity index (χ4v) is 5.14. The smallest absolute Gasteiger partial charge is 0.313 e. The van der Waals surface area contributed by atoms with E-state index in [1.165, 1.54) is 17.0 Å². The van der Waals surface area contributed by atoms with Gasteiger partial charge in [-0.15, -0.1) is 0 Å². The highest BCUT2D eigenvalue weighted by atomic mass is 19.1. The Kier molecular flexibility index (Phi) is 6.78. The van der Waals surface area contributed by atoms with Crippen LogP contribution in [0.2, 0.25) is 0 Å². The fourth-order valence-electron chi connectivity index (χ4n) is 5.14. The molecule has 1 unspecified atom stereocenters. The minimum atomic E-state index is -0.738. The Labute approximate surface area is 242 Å². The van der Waals surface area contributed by atoms with E-state index in [0.717, 1.165) is 38.9 Å². The van der Waals surface area contributed by atoms with E-state index < -0.39 is 11.8 Å². The van der Waals surface area contributed by atoms with E-state index in [1.807, 2.05) is 90.7 Å². The van der Waals surface area contributed by atoms with Crippen molar-refractivity contribution in [2.75, 3.05) is 12.4 Å². The maximum absolute atomic E-state index is 13.7. The number of fused-ring (bicyclic) bond motifs is 2. The summed E-state index contributed by atoms with van der Waals surface area (Å²) >= 11 is 0. The number of benzene rings is 4. The Hall–Kier alpha value is -5.31. The van der Waals surface area contributed by atoms with Crippen LogP contribution in [0.5, 0.6) is 0 Å². The number of nitrogens with one attached hydrogen (secondary N) is 1. The first-order valence-corrected chi connectivity index (χ1v) is 13.5. The van der Waals surface area contributed by atoms with E-state index in [1.54, 1.807) is 25.5 Å². The molecule has 6 aromatic rings. The lowest BCUT2D eigenvalue weighted by Gasteiger charge is -2.25. The van der Waals surface area contributed by atoms with Crippen molar-refractivity contribution < 1.29 is 14.0 Å². The van der Waals surface area contributed by atoms with Crippen molar-refractivity contribution in [3.8, 4) is 17.1 Å². The van der Waals surface area contributed by atoms with Crippen LogP contribution >= 0.6 is 0 Å². The summed E-state index contributed by atoms with van der Waals surface area (Å²) in [6.45, 7) is 3.73. The zero-order chi connectivity index (χ0) is 29.5. The molecule has 0 saturated carbocycles. The van der Waals surface area contributed by atoms with Gasteiger partial charge in [0.15, 0.2) is 0 Å². The number of likely N-dealkylation sites (N-methyl/N-ethyl adjacent to an activating group) is 1. The monoisotopic (exact) mass is 560 g/mol. The Morgan fingerprint density at radius 3 is 2.48 bits per heavy atom. The number of hydrogen-bond donors (Lipinski definition) is 1. The van der Waals surface area contributed by atoms with Crippen LogP contribution in [0.4, 0.5) is 10.1 Å². The maximum atomic E-state index is 13.7. The van der Waals surface area contributed by atoms with Gasteiger partial charge in [0.25, 0.3) is 0 Å². The lowest BCUT2D eigenvalue weighted by Crippen LogP contribution is -2.38. The minimum absolute atomic E-state index is 0.343. The standard InChI is InChI=1S/C33H29FN6O2/c1-20-9-10-23(31-36-28-18-24(34)13-16-29(28)39(31)4)17-27(20)37-32(41)33(42)38(3)21(2)22-11-14-25(15-12-22)40-19-35-26-7-5-6-8-30(26)40/h5-19,21H,1-4H3,(H,37,41). The van der Waals surface area contributed by atoms with Gasteiger partial charge in [-0.1, -0.05) is 36.4 Å². The molecule has 2 amide bonds. The molecule has 0 fully saturated rings. The van der Waals surface area contributed by atoms with Crippen LogP contribution < -0.4 is 5.32 Å². The van der Waals surface area contributed by atoms with Gasteiger partial charge in [-0.05, 0) is 67.4 Å². The number of amides is 2. The molecule has 4 aromatic carbocycles. The van der Waals surface area contributed by atoms with E-state index in [0.29, 0.717) is 17.0 Å². The van der Waals surface area contributed by atoms with Crippen molar-refractivity contribution in [3.63, 3.8) is 0 Å². The zero-order valence-corrected chi connectivity index (χ0v) is 23.7. The number of hydrogen-bond acceptors (Lipinski definition) is 4. The molecule has 1 N–H and O–H groups in total. The van der Waals surface area contributed by atoms with Crippen LogP contribution in [0.25, 0.3) is 39.1 Å². The van der Waals surface area contributed by atoms with Crippen LogP contribution in [-0.4, -0.2) is 42.9 Å². The number of rotatable bonds is 5. The number of anilines is 1. The van der Waals surface area contributed by atoms with Crippen molar-refractivity contribution in [2.24, 2.45) is 7.05 Å². The van der Waals surface area contributed by atoms with Crippen molar-refractivity contribution in [3.05, 3.63) is 108 Å². The van der Waals surface area contributed by atoms with Gasteiger partial charge < -0.3 is 14.8 Å². The molecule has 8 nitrogen and oxygen atoms in total. The third kappa shape index (κ3) is 4.79. The normalized spacial score (nSPS) is 12.0. The Morgan fingerprint density at radius 2 is 1.69 bits per heavy atom. The second-order valence-corrected chi connectivity index (χ2v) is 10.4. The molecule has 1 atom stereocenters. The number of nitrogens with zero attached hydrogens (tertiary/aromatic N) is 5. The molecule has 0 radical (unpaired) electrons. The molecule has 0 aliphatic rings. The Bertz CT molecular complexity index is 1970. The summed E-state index contributed by atoms with van der Waals surface area (Å²) < 4.78 is 17.6. The van der Waals surface area contributed by atoms with Crippen LogP contribution in [0.1, 0.15) is 24.1 Å². The molecular formula is C33H29FN6O2. The summed E-state index contributed by atoms with van der Waals surface area (Å²) in [5.74, 6) is -1.13. The summed E-state index contributed by atoms with van der Waals surface area (Å²) in [6.07, 6.45) is 1.79.